The summed E-state index contributed by atoms with van der Waals surface area (Å²) in [6.45, 7) is 7.64. The van der Waals surface area contributed by atoms with E-state index in [4.69, 9.17) is 4.74 Å². The molecule has 3 heteroatoms. The molecule has 1 aromatic rings. The van der Waals surface area contributed by atoms with E-state index in [1.165, 1.54) is 25.8 Å². The molecule has 0 unspecified atom stereocenters. The van der Waals surface area contributed by atoms with E-state index < -0.39 is 0 Å². The first-order valence-corrected chi connectivity index (χ1v) is 8.07. The maximum Gasteiger partial charge on any atom is 0.119 e. The number of nitrogens with zero attached hydrogens (tertiary/aromatic N) is 1. The highest BCUT2D eigenvalue weighted by Crippen LogP contribution is 2.27. The van der Waals surface area contributed by atoms with Crippen LogP contribution in [0.15, 0.2) is 28.7 Å². The highest BCUT2D eigenvalue weighted by Gasteiger charge is 2.28. The highest BCUT2D eigenvalue weighted by atomic mass is 79.9. The second-order valence-electron chi connectivity index (χ2n) is 5.75. The first-order valence-electron chi connectivity index (χ1n) is 7.27. The van der Waals surface area contributed by atoms with Crippen LogP contribution in [-0.2, 0) is 0 Å². The van der Waals surface area contributed by atoms with Gasteiger partial charge in [-0.05, 0) is 56.0 Å². The monoisotopic (exact) mass is 325 g/mol. The predicted octanol–water partition coefficient (Wildman–Crippen LogP) is 4.34. The summed E-state index contributed by atoms with van der Waals surface area (Å²) in [4.78, 5) is 2.60. The third-order valence-corrected chi connectivity index (χ3v) is 4.05. The van der Waals surface area contributed by atoms with Gasteiger partial charge < -0.3 is 4.74 Å². The Morgan fingerprint density at radius 1 is 1.21 bits per heavy atom. The van der Waals surface area contributed by atoms with Gasteiger partial charge in [-0.2, -0.15) is 0 Å². The smallest absolute Gasteiger partial charge is 0.119 e. The quantitative estimate of drug-likeness (QED) is 0.705. The minimum Gasteiger partial charge on any atom is -0.492 e. The molecule has 0 amide bonds. The Labute approximate surface area is 125 Å². The molecule has 1 saturated carbocycles. The first kappa shape index (κ1) is 14.9. The van der Waals surface area contributed by atoms with Gasteiger partial charge in [-0.1, -0.05) is 29.8 Å². The molecule has 0 N–H and O–H groups in total. The van der Waals surface area contributed by atoms with E-state index in [0.717, 1.165) is 35.3 Å². The van der Waals surface area contributed by atoms with Gasteiger partial charge in [0, 0.05) is 17.1 Å². The highest BCUT2D eigenvalue weighted by molar-refractivity contribution is 9.10. The summed E-state index contributed by atoms with van der Waals surface area (Å²) < 4.78 is 6.91. The van der Waals surface area contributed by atoms with E-state index in [-0.39, 0.29) is 0 Å². The molecule has 1 aromatic carbocycles. The zero-order valence-electron chi connectivity index (χ0n) is 11.9. The Balaban J connectivity index is 1.71. The zero-order valence-corrected chi connectivity index (χ0v) is 13.5. The van der Waals surface area contributed by atoms with Crippen molar-refractivity contribution in [3.05, 3.63) is 28.7 Å². The van der Waals surface area contributed by atoms with Crippen molar-refractivity contribution in [3.63, 3.8) is 0 Å². The van der Waals surface area contributed by atoms with E-state index in [0.29, 0.717) is 0 Å². The standard InChI is InChI=1S/C16H24BrNO/c1-13(2)9-10-18(15-5-6-15)11-12-19-16-7-3-14(17)4-8-16/h3-4,7-8,13,15H,5-6,9-12H2,1-2H3. The topological polar surface area (TPSA) is 12.5 Å². The molecule has 1 aliphatic rings. The SMILES string of the molecule is CC(C)CCN(CCOc1ccc(Br)cc1)C1CC1. The van der Waals surface area contributed by atoms with E-state index >= 15 is 0 Å². The summed E-state index contributed by atoms with van der Waals surface area (Å²) in [5.74, 6) is 1.75. The summed E-state index contributed by atoms with van der Waals surface area (Å²) >= 11 is 3.43. The third kappa shape index (κ3) is 5.53. The molecule has 0 spiro atoms. The van der Waals surface area contributed by atoms with Crippen molar-refractivity contribution < 1.29 is 4.74 Å². The van der Waals surface area contributed by atoms with Gasteiger partial charge in [-0.15, -0.1) is 0 Å². The van der Waals surface area contributed by atoms with Crippen molar-refractivity contribution in [2.75, 3.05) is 19.7 Å². The van der Waals surface area contributed by atoms with E-state index in [1.807, 2.05) is 24.3 Å². The Morgan fingerprint density at radius 3 is 2.47 bits per heavy atom. The molecule has 0 heterocycles. The minimum absolute atomic E-state index is 0.786. The average molecular weight is 326 g/mol. The van der Waals surface area contributed by atoms with Crippen LogP contribution < -0.4 is 4.74 Å². The summed E-state index contributed by atoms with van der Waals surface area (Å²) in [5, 5.41) is 0. The molecule has 0 saturated heterocycles. The molecule has 0 atom stereocenters. The minimum atomic E-state index is 0.786. The largest absolute Gasteiger partial charge is 0.492 e. The number of benzene rings is 1. The normalized spacial score (nSPS) is 15.2. The van der Waals surface area contributed by atoms with Crippen LogP contribution in [0.1, 0.15) is 33.1 Å². The van der Waals surface area contributed by atoms with Gasteiger partial charge in [0.25, 0.3) is 0 Å². The van der Waals surface area contributed by atoms with Crippen molar-refractivity contribution in [2.24, 2.45) is 5.92 Å². The molecule has 106 valence electrons. The van der Waals surface area contributed by atoms with Crippen LogP contribution in [0.25, 0.3) is 0 Å². The number of hydrogen-bond donors (Lipinski definition) is 0. The van der Waals surface area contributed by atoms with Gasteiger partial charge in [0.05, 0.1) is 0 Å². The van der Waals surface area contributed by atoms with E-state index in [9.17, 15) is 0 Å². The maximum absolute atomic E-state index is 5.81. The van der Waals surface area contributed by atoms with Crippen LogP contribution in [0.5, 0.6) is 5.75 Å². The summed E-state index contributed by atoms with van der Waals surface area (Å²) in [7, 11) is 0. The molecule has 19 heavy (non-hydrogen) atoms. The fraction of sp³-hybridized carbons (Fsp3) is 0.625. The molecule has 0 bridgehead atoms. The van der Waals surface area contributed by atoms with Crippen molar-refractivity contribution >= 4 is 15.9 Å². The van der Waals surface area contributed by atoms with Crippen molar-refractivity contribution in [1.82, 2.24) is 4.90 Å². The average Bonchev–Trinajstić information content (AvgIpc) is 3.20. The second kappa shape index (κ2) is 7.30. The van der Waals surface area contributed by atoms with E-state index in [1.54, 1.807) is 0 Å². The lowest BCUT2D eigenvalue weighted by molar-refractivity contribution is 0.194. The van der Waals surface area contributed by atoms with Crippen LogP contribution in [0.3, 0.4) is 0 Å². The maximum atomic E-state index is 5.81. The summed E-state index contributed by atoms with van der Waals surface area (Å²) in [5.41, 5.74) is 0. The van der Waals surface area contributed by atoms with Crippen LogP contribution in [0.4, 0.5) is 0 Å². The van der Waals surface area contributed by atoms with Gasteiger partial charge in [-0.25, -0.2) is 0 Å². The molecule has 2 rings (SSSR count). The molecular weight excluding hydrogens is 302 g/mol. The molecule has 0 aromatic heterocycles. The number of rotatable bonds is 8. The summed E-state index contributed by atoms with van der Waals surface area (Å²) in [6, 6.07) is 8.89. The van der Waals surface area contributed by atoms with Crippen LogP contribution in [0.2, 0.25) is 0 Å². The Kier molecular flexibility index (Phi) is 5.71. The van der Waals surface area contributed by atoms with Crippen LogP contribution in [-0.4, -0.2) is 30.6 Å². The Hall–Kier alpha value is -0.540. The Morgan fingerprint density at radius 2 is 1.89 bits per heavy atom. The fourth-order valence-corrected chi connectivity index (χ4v) is 2.42. The van der Waals surface area contributed by atoms with Crippen LogP contribution in [0, 0.1) is 5.92 Å². The van der Waals surface area contributed by atoms with Gasteiger partial charge >= 0.3 is 0 Å². The van der Waals surface area contributed by atoms with Gasteiger partial charge in [0.15, 0.2) is 0 Å². The number of halogens is 1. The third-order valence-electron chi connectivity index (χ3n) is 3.52. The van der Waals surface area contributed by atoms with Gasteiger partial charge in [0.2, 0.25) is 0 Å². The zero-order chi connectivity index (χ0) is 13.7. The van der Waals surface area contributed by atoms with Gasteiger partial charge in [-0.3, -0.25) is 4.90 Å². The molecule has 1 fully saturated rings. The lowest BCUT2D eigenvalue weighted by atomic mass is 10.1. The molecular formula is C16H24BrNO. The first-order chi connectivity index (χ1) is 9.15. The van der Waals surface area contributed by atoms with Crippen molar-refractivity contribution in [3.8, 4) is 5.75 Å². The van der Waals surface area contributed by atoms with E-state index in [2.05, 4.69) is 34.7 Å². The summed E-state index contributed by atoms with van der Waals surface area (Å²) in [6.07, 6.45) is 4.03. The van der Waals surface area contributed by atoms with Crippen LogP contribution >= 0.6 is 15.9 Å². The number of hydrogen-bond acceptors (Lipinski definition) is 2. The fourth-order valence-electron chi connectivity index (χ4n) is 2.15. The lowest BCUT2D eigenvalue weighted by Gasteiger charge is -2.22. The van der Waals surface area contributed by atoms with Crippen molar-refractivity contribution in [2.45, 2.75) is 39.2 Å². The Bertz CT molecular complexity index is 373. The second-order valence-corrected chi connectivity index (χ2v) is 6.67. The van der Waals surface area contributed by atoms with Gasteiger partial charge in [0.1, 0.15) is 12.4 Å². The molecule has 0 aliphatic heterocycles. The number of ether oxygens (including phenoxy) is 1. The molecule has 0 radical (unpaired) electrons. The molecule has 1 aliphatic carbocycles. The predicted molar refractivity (Wildman–Crippen MR) is 83.7 cm³/mol. The van der Waals surface area contributed by atoms with Crippen molar-refractivity contribution in [1.29, 1.82) is 0 Å². The molecule has 2 nitrogen and oxygen atoms in total. The lowest BCUT2D eigenvalue weighted by Crippen LogP contribution is -2.32.